The number of carbonyl (C=O) groups is 1. The van der Waals surface area contributed by atoms with E-state index in [9.17, 15) is 9.18 Å². The fourth-order valence-electron chi connectivity index (χ4n) is 4.14. The van der Waals surface area contributed by atoms with Crippen molar-refractivity contribution in [1.82, 2.24) is 15.1 Å². The van der Waals surface area contributed by atoms with Crippen molar-refractivity contribution in [3.63, 3.8) is 0 Å². The van der Waals surface area contributed by atoms with Gasteiger partial charge in [-0.2, -0.15) is 5.10 Å². The number of rotatable bonds is 13. The quantitative estimate of drug-likeness (QED) is 0.272. The van der Waals surface area contributed by atoms with Gasteiger partial charge in [0.1, 0.15) is 11.6 Å². The predicted octanol–water partition coefficient (Wildman–Crippen LogP) is 3.52. The number of methoxy groups -OCH3 is 2. The maximum atomic E-state index is 13.8. The molecule has 0 radical (unpaired) electrons. The molecule has 4 rings (SSSR count). The third-order valence-electron chi connectivity index (χ3n) is 5.81. The van der Waals surface area contributed by atoms with Gasteiger partial charge < -0.3 is 29.6 Å². The summed E-state index contributed by atoms with van der Waals surface area (Å²) in [6, 6.07) is 10.3. The Hall–Kier alpha value is -3.63. The van der Waals surface area contributed by atoms with Gasteiger partial charge in [-0.15, -0.1) is 0 Å². The van der Waals surface area contributed by atoms with Gasteiger partial charge in [0.05, 0.1) is 52.9 Å². The minimum atomic E-state index is -0.317. The lowest BCUT2D eigenvalue weighted by atomic mass is 10.1. The molecule has 0 aliphatic heterocycles. The third-order valence-corrected chi connectivity index (χ3v) is 5.81. The van der Waals surface area contributed by atoms with Gasteiger partial charge in [-0.1, -0.05) is 6.07 Å². The average Bonchev–Trinajstić information content (AvgIpc) is 3.37. The number of hydrogen-bond donors (Lipinski definition) is 2. The van der Waals surface area contributed by atoms with E-state index in [1.165, 1.54) is 19.1 Å². The van der Waals surface area contributed by atoms with E-state index in [0.717, 1.165) is 28.2 Å². The van der Waals surface area contributed by atoms with Crippen LogP contribution in [0.1, 0.15) is 18.1 Å². The lowest BCUT2D eigenvalue weighted by Gasteiger charge is -2.13. The molecule has 1 amide bonds. The van der Waals surface area contributed by atoms with Crippen LogP contribution in [-0.2, 0) is 27.2 Å². The van der Waals surface area contributed by atoms with E-state index in [0.29, 0.717) is 63.1 Å². The standard InChI is InChI=1S/C26H31FN4O5/c1-17(32)28-7-9-35-11-12-36-10-8-31-26(29-20-6-4-5-19(27)15-20)22-13-18-14-23(33-2)24(34-3)16-21(18)25(22)30-31/h4-6,14-16,29H,7-13H2,1-3H3,(H,28,32). The molecule has 2 N–H and O–H groups in total. The van der Waals surface area contributed by atoms with Crippen molar-refractivity contribution >= 4 is 17.4 Å². The van der Waals surface area contributed by atoms with Crippen LogP contribution in [0.5, 0.6) is 11.5 Å². The molecule has 3 aromatic rings. The first kappa shape index (κ1) is 25.5. The van der Waals surface area contributed by atoms with E-state index in [2.05, 4.69) is 10.6 Å². The van der Waals surface area contributed by atoms with E-state index in [1.54, 1.807) is 20.3 Å². The second-order valence-electron chi connectivity index (χ2n) is 8.28. The van der Waals surface area contributed by atoms with Crippen LogP contribution in [0, 0.1) is 5.82 Å². The molecular weight excluding hydrogens is 467 g/mol. The molecular formula is C26H31FN4O5. The molecule has 1 heterocycles. The Kier molecular flexibility index (Phi) is 8.40. The van der Waals surface area contributed by atoms with Gasteiger partial charge in [-0.25, -0.2) is 9.07 Å². The van der Waals surface area contributed by atoms with E-state index >= 15 is 0 Å². The van der Waals surface area contributed by atoms with Crippen LogP contribution in [0.15, 0.2) is 36.4 Å². The number of halogens is 1. The Balaban J connectivity index is 1.47. The number of benzene rings is 2. The van der Waals surface area contributed by atoms with Crippen molar-refractivity contribution in [3.05, 3.63) is 53.3 Å². The molecule has 0 saturated heterocycles. The van der Waals surface area contributed by atoms with E-state index in [-0.39, 0.29) is 11.7 Å². The zero-order valence-electron chi connectivity index (χ0n) is 20.7. The minimum absolute atomic E-state index is 0.0798. The number of carbonyl (C=O) groups excluding carboxylic acids is 1. The molecule has 0 spiro atoms. The van der Waals surface area contributed by atoms with Crippen LogP contribution in [-0.4, -0.2) is 62.9 Å². The molecule has 0 saturated carbocycles. The Labute approximate surface area is 209 Å². The molecule has 192 valence electrons. The molecule has 0 unspecified atom stereocenters. The summed E-state index contributed by atoms with van der Waals surface area (Å²) in [6.45, 7) is 4.15. The van der Waals surface area contributed by atoms with Crippen LogP contribution < -0.4 is 20.1 Å². The molecule has 1 aromatic heterocycles. The summed E-state index contributed by atoms with van der Waals surface area (Å²) in [5.41, 5.74) is 4.58. The van der Waals surface area contributed by atoms with Gasteiger partial charge in [-0.3, -0.25) is 4.79 Å². The molecule has 0 fully saturated rings. The van der Waals surface area contributed by atoms with Gasteiger partial charge in [0.2, 0.25) is 5.91 Å². The van der Waals surface area contributed by atoms with Crippen molar-refractivity contribution < 1.29 is 28.1 Å². The lowest BCUT2D eigenvalue weighted by molar-refractivity contribution is -0.119. The van der Waals surface area contributed by atoms with E-state index in [4.69, 9.17) is 24.0 Å². The number of aromatic nitrogens is 2. The topological polar surface area (TPSA) is 95.9 Å². The van der Waals surface area contributed by atoms with Gasteiger partial charge in [0.25, 0.3) is 0 Å². The largest absolute Gasteiger partial charge is 0.493 e. The smallest absolute Gasteiger partial charge is 0.216 e. The highest BCUT2D eigenvalue weighted by molar-refractivity contribution is 5.82. The number of hydrogen-bond acceptors (Lipinski definition) is 7. The number of fused-ring (bicyclic) bond motifs is 3. The third kappa shape index (κ3) is 5.95. The van der Waals surface area contributed by atoms with E-state index in [1.807, 2.05) is 22.9 Å². The maximum absolute atomic E-state index is 13.8. The zero-order chi connectivity index (χ0) is 25.5. The summed E-state index contributed by atoms with van der Waals surface area (Å²) in [6.07, 6.45) is 0.658. The van der Waals surface area contributed by atoms with Crippen LogP contribution in [0.4, 0.5) is 15.9 Å². The van der Waals surface area contributed by atoms with Crippen molar-refractivity contribution in [1.29, 1.82) is 0 Å². The maximum Gasteiger partial charge on any atom is 0.216 e. The fourth-order valence-corrected chi connectivity index (χ4v) is 4.14. The Bertz CT molecular complexity index is 1210. The van der Waals surface area contributed by atoms with Gasteiger partial charge in [0, 0.05) is 36.7 Å². The molecule has 1 aliphatic carbocycles. The van der Waals surface area contributed by atoms with Gasteiger partial charge in [-0.05, 0) is 35.9 Å². The monoisotopic (exact) mass is 498 g/mol. The Morgan fingerprint density at radius 2 is 1.81 bits per heavy atom. The summed E-state index contributed by atoms with van der Waals surface area (Å²) in [5, 5.41) is 10.9. The number of ether oxygens (including phenoxy) is 4. The van der Waals surface area contributed by atoms with Crippen LogP contribution >= 0.6 is 0 Å². The number of amides is 1. The summed E-state index contributed by atoms with van der Waals surface area (Å²) in [5.74, 6) is 1.70. The van der Waals surface area contributed by atoms with Crippen LogP contribution in [0.25, 0.3) is 11.3 Å². The average molecular weight is 499 g/mol. The SMILES string of the molecule is COc1cc2c(cc1OC)-c1nn(CCOCCOCCNC(C)=O)c(Nc3cccc(F)c3)c1C2. The van der Waals surface area contributed by atoms with Gasteiger partial charge >= 0.3 is 0 Å². The van der Waals surface area contributed by atoms with Crippen molar-refractivity contribution in [2.75, 3.05) is 52.5 Å². The predicted molar refractivity (Wildman–Crippen MR) is 134 cm³/mol. The van der Waals surface area contributed by atoms with Crippen LogP contribution in [0.2, 0.25) is 0 Å². The lowest BCUT2D eigenvalue weighted by Crippen LogP contribution is -2.25. The Morgan fingerprint density at radius 3 is 2.53 bits per heavy atom. The number of nitrogens with one attached hydrogen (secondary N) is 2. The first-order chi connectivity index (χ1) is 17.5. The molecule has 10 heteroatoms. The first-order valence-corrected chi connectivity index (χ1v) is 11.8. The second-order valence-corrected chi connectivity index (χ2v) is 8.28. The zero-order valence-corrected chi connectivity index (χ0v) is 20.7. The first-order valence-electron chi connectivity index (χ1n) is 11.8. The van der Waals surface area contributed by atoms with Crippen molar-refractivity contribution in [2.24, 2.45) is 0 Å². The van der Waals surface area contributed by atoms with E-state index < -0.39 is 0 Å². The van der Waals surface area contributed by atoms with Gasteiger partial charge in [0.15, 0.2) is 11.5 Å². The fraction of sp³-hybridized carbons (Fsp3) is 0.385. The number of nitrogens with zero attached hydrogens (tertiary/aromatic N) is 2. The highest BCUT2D eigenvalue weighted by Gasteiger charge is 2.29. The molecule has 0 atom stereocenters. The van der Waals surface area contributed by atoms with Crippen molar-refractivity contribution in [2.45, 2.75) is 19.9 Å². The molecule has 36 heavy (non-hydrogen) atoms. The van der Waals surface area contributed by atoms with Crippen molar-refractivity contribution in [3.8, 4) is 22.8 Å². The highest BCUT2D eigenvalue weighted by Crippen LogP contribution is 2.45. The summed E-state index contributed by atoms with van der Waals surface area (Å²) in [4.78, 5) is 10.9. The summed E-state index contributed by atoms with van der Waals surface area (Å²) in [7, 11) is 3.22. The normalized spacial score (nSPS) is 11.7. The number of anilines is 2. The summed E-state index contributed by atoms with van der Waals surface area (Å²) < 4.78 is 37.8. The Morgan fingerprint density at radius 1 is 1.06 bits per heavy atom. The molecule has 0 bridgehead atoms. The molecule has 9 nitrogen and oxygen atoms in total. The second kappa shape index (κ2) is 11.9. The highest BCUT2D eigenvalue weighted by atomic mass is 19.1. The molecule has 2 aromatic carbocycles. The van der Waals surface area contributed by atoms with Crippen LogP contribution in [0.3, 0.4) is 0 Å². The minimum Gasteiger partial charge on any atom is -0.493 e. The molecule has 1 aliphatic rings. The summed E-state index contributed by atoms with van der Waals surface area (Å²) >= 11 is 0.